The van der Waals surface area contributed by atoms with Crippen molar-refractivity contribution in [3.63, 3.8) is 0 Å². The largest absolute Gasteiger partial charge is 0.465 e. The van der Waals surface area contributed by atoms with E-state index in [2.05, 4.69) is 5.32 Å². The van der Waals surface area contributed by atoms with Crippen LogP contribution in [0.3, 0.4) is 0 Å². The van der Waals surface area contributed by atoms with Crippen molar-refractivity contribution in [3.8, 4) is 0 Å². The van der Waals surface area contributed by atoms with E-state index in [1.165, 1.54) is 23.3 Å². The molecule has 0 aromatic carbocycles. The molecule has 0 spiro atoms. The molecule has 0 fully saturated rings. The SMILES string of the molecule is COC(=O)c1c(NC(=O)C[NH2+][C@H](C)c2ccco2)sc2c1CCCC2. The minimum Gasteiger partial charge on any atom is -0.465 e. The standard InChI is InChI=1S/C18H22N2O4S/c1-11(13-7-5-9-24-13)19-10-15(21)20-17-16(18(22)23-2)12-6-3-4-8-14(12)25-17/h5,7,9,11,19H,3-4,6,8,10H2,1-2H3,(H,20,21)/p+1/t11-/m1/s1. The zero-order valence-electron chi connectivity index (χ0n) is 14.5. The number of methoxy groups -OCH3 is 1. The number of esters is 1. The Hall–Kier alpha value is -2.12. The Bertz CT molecular complexity index is 751. The van der Waals surface area contributed by atoms with Crippen molar-refractivity contribution in [2.24, 2.45) is 0 Å². The topological polar surface area (TPSA) is 85.1 Å². The normalized spacial score (nSPS) is 14.6. The van der Waals surface area contributed by atoms with Crippen LogP contribution in [0.15, 0.2) is 22.8 Å². The first-order chi connectivity index (χ1) is 12.1. The highest BCUT2D eigenvalue weighted by Crippen LogP contribution is 2.38. The molecule has 0 bridgehead atoms. The first kappa shape index (κ1) is 17.7. The number of carbonyl (C=O) groups is 2. The molecule has 0 saturated heterocycles. The van der Waals surface area contributed by atoms with Gasteiger partial charge < -0.3 is 19.8 Å². The van der Waals surface area contributed by atoms with Crippen molar-refractivity contribution < 1.29 is 24.1 Å². The number of furan rings is 1. The first-order valence-electron chi connectivity index (χ1n) is 8.49. The minimum absolute atomic E-state index is 0.0531. The van der Waals surface area contributed by atoms with Crippen LogP contribution in [0.2, 0.25) is 0 Å². The van der Waals surface area contributed by atoms with Gasteiger partial charge in [0.2, 0.25) is 0 Å². The second kappa shape index (κ2) is 7.84. The highest BCUT2D eigenvalue weighted by molar-refractivity contribution is 7.17. The number of carbonyl (C=O) groups excluding carboxylic acids is 2. The number of quaternary nitrogens is 1. The molecule has 1 amide bonds. The Labute approximate surface area is 150 Å². The molecule has 25 heavy (non-hydrogen) atoms. The molecule has 0 unspecified atom stereocenters. The summed E-state index contributed by atoms with van der Waals surface area (Å²) in [6, 6.07) is 3.78. The predicted octanol–water partition coefficient (Wildman–Crippen LogP) is 2.27. The number of nitrogens with one attached hydrogen (secondary N) is 1. The van der Waals surface area contributed by atoms with Crippen LogP contribution in [0.25, 0.3) is 0 Å². The Morgan fingerprint density at radius 2 is 2.20 bits per heavy atom. The molecule has 0 saturated carbocycles. The highest BCUT2D eigenvalue weighted by atomic mass is 32.1. The molecule has 3 rings (SSSR count). The van der Waals surface area contributed by atoms with E-state index < -0.39 is 0 Å². The molecule has 3 N–H and O–H groups in total. The monoisotopic (exact) mass is 363 g/mol. The molecule has 0 aliphatic heterocycles. The number of amides is 1. The third kappa shape index (κ3) is 3.93. The van der Waals surface area contributed by atoms with Gasteiger partial charge in [0.25, 0.3) is 5.91 Å². The maximum absolute atomic E-state index is 12.3. The maximum atomic E-state index is 12.3. The summed E-state index contributed by atoms with van der Waals surface area (Å²) in [5, 5.41) is 5.42. The van der Waals surface area contributed by atoms with E-state index in [0.717, 1.165) is 37.0 Å². The number of rotatable bonds is 6. The van der Waals surface area contributed by atoms with Gasteiger partial charge in [-0.15, -0.1) is 11.3 Å². The Morgan fingerprint density at radius 3 is 2.92 bits per heavy atom. The minimum atomic E-state index is -0.373. The van der Waals surface area contributed by atoms with Gasteiger partial charge in [-0.25, -0.2) is 4.79 Å². The van der Waals surface area contributed by atoms with Crippen molar-refractivity contribution in [1.82, 2.24) is 0 Å². The molecule has 2 aromatic heterocycles. The molecule has 6 nitrogen and oxygen atoms in total. The number of aryl methyl sites for hydroxylation is 1. The van der Waals surface area contributed by atoms with Gasteiger partial charge in [-0.05, 0) is 50.3 Å². The number of anilines is 1. The number of hydrogen-bond acceptors (Lipinski definition) is 5. The fraction of sp³-hybridized carbons (Fsp3) is 0.444. The quantitative estimate of drug-likeness (QED) is 0.771. The molecule has 2 heterocycles. The second-order valence-corrected chi connectivity index (χ2v) is 7.30. The highest BCUT2D eigenvalue weighted by Gasteiger charge is 2.27. The van der Waals surface area contributed by atoms with Crippen molar-refractivity contribution in [2.75, 3.05) is 19.0 Å². The van der Waals surface area contributed by atoms with Gasteiger partial charge >= 0.3 is 5.97 Å². The van der Waals surface area contributed by atoms with Crippen LogP contribution in [0.5, 0.6) is 0 Å². The number of thiophene rings is 1. The van der Waals surface area contributed by atoms with Crippen LogP contribution in [0, 0.1) is 0 Å². The summed E-state index contributed by atoms with van der Waals surface area (Å²) in [6.45, 7) is 2.24. The Balaban J connectivity index is 1.68. The molecule has 1 aliphatic rings. The fourth-order valence-corrected chi connectivity index (χ4v) is 4.39. The molecule has 0 radical (unpaired) electrons. The summed E-state index contributed by atoms with van der Waals surface area (Å²) in [5.41, 5.74) is 1.58. The van der Waals surface area contributed by atoms with E-state index in [4.69, 9.17) is 9.15 Å². The third-order valence-electron chi connectivity index (χ3n) is 4.46. The van der Waals surface area contributed by atoms with Crippen molar-refractivity contribution in [1.29, 1.82) is 0 Å². The van der Waals surface area contributed by atoms with Crippen molar-refractivity contribution in [3.05, 3.63) is 40.2 Å². The van der Waals surface area contributed by atoms with Crippen LogP contribution >= 0.6 is 11.3 Å². The molecule has 1 atom stereocenters. The predicted molar refractivity (Wildman–Crippen MR) is 94.8 cm³/mol. The van der Waals surface area contributed by atoms with Crippen LogP contribution in [0.1, 0.15) is 52.4 Å². The van der Waals surface area contributed by atoms with Gasteiger partial charge in [0.1, 0.15) is 11.0 Å². The number of ether oxygens (including phenoxy) is 1. The average Bonchev–Trinajstić information content (AvgIpc) is 3.26. The molecular formula is C18H23N2O4S+. The van der Waals surface area contributed by atoms with Gasteiger partial charge in [0.05, 0.1) is 18.9 Å². The fourth-order valence-electron chi connectivity index (χ4n) is 3.10. The second-order valence-electron chi connectivity index (χ2n) is 6.20. The lowest BCUT2D eigenvalue weighted by Crippen LogP contribution is -2.86. The maximum Gasteiger partial charge on any atom is 0.341 e. The zero-order valence-corrected chi connectivity index (χ0v) is 15.3. The van der Waals surface area contributed by atoms with Gasteiger partial charge in [0, 0.05) is 4.88 Å². The van der Waals surface area contributed by atoms with Crippen LogP contribution in [-0.2, 0) is 22.4 Å². The van der Waals surface area contributed by atoms with Crippen molar-refractivity contribution in [2.45, 2.75) is 38.6 Å². The zero-order chi connectivity index (χ0) is 17.8. The van der Waals surface area contributed by atoms with E-state index in [1.54, 1.807) is 6.26 Å². The van der Waals surface area contributed by atoms with E-state index >= 15 is 0 Å². The van der Waals surface area contributed by atoms with E-state index in [9.17, 15) is 9.59 Å². The number of nitrogens with two attached hydrogens (primary N) is 1. The molecule has 1 aliphatic carbocycles. The summed E-state index contributed by atoms with van der Waals surface area (Å²) in [7, 11) is 1.37. The summed E-state index contributed by atoms with van der Waals surface area (Å²) in [5.74, 6) is 0.319. The summed E-state index contributed by atoms with van der Waals surface area (Å²) in [6.07, 6.45) is 5.64. The Morgan fingerprint density at radius 1 is 1.40 bits per heavy atom. The van der Waals surface area contributed by atoms with Crippen LogP contribution < -0.4 is 10.6 Å². The number of hydrogen-bond donors (Lipinski definition) is 2. The molecule has 2 aromatic rings. The first-order valence-corrected chi connectivity index (χ1v) is 9.31. The lowest BCUT2D eigenvalue weighted by atomic mass is 9.95. The molecule has 7 heteroatoms. The van der Waals surface area contributed by atoms with E-state index in [1.807, 2.05) is 24.4 Å². The van der Waals surface area contributed by atoms with Gasteiger partial charge in [0.15, 0.2) is 12.3 Å². The lowest BCUT2D eigenvalue weighted by molar-refractivity contribution is -0.684. The third-order valence-corrected chi connectivity index (χ3v) is 5.67. The van der Waals surface area contributed by atoms with Gasteiger partial charge in [-0.2, -0.15) is 0 Å². The lowest BCUT2D eigenvalue weighted by Gasteiger charge is -2.12. The summed E-state index contributed by atoms with van der Waals surface area (Å²) >= 11 is 1.50. The molecule has 134 valence electrons. The molecular weight excluding hydrogens is 340 g/mol. The Kier molecular flexibility index (Phi) is 5.55. The van der Waals surface area contributed by atoms with E-state index in [-0.39, 0.29) is 24.5 Å². The van der Waals surface area contributed by atoms with Gasteiger partial charge in [-0.1, -0.05) is 0 Å². The van der Waals surface area contributed by atoms with E-state index in [0.29, 0.717) is 10.6 Å². The van der Waals surface area contributed by atoms with Gasteiger partial charge in [-0.3, -0.25) is 4.79 Å². The summed E-state index contributed by atoms with van der Waals surface area (Å²) < 4.78 is 10.3. The van der Waals surface area contributed by atoms with Crippen LogP contribution in [0.4, 0.5) is 5.00 Å². The number of fused-ring (bicyclic) bond motifs is 1. The average molecular weight is 363 g/mol. The van der Waals surface area contributed by atoms with Crippen LogP contribution in [-0.4, -0.2) is 25.5 Å². The summed E-state index contributed by atoms with van der Waals surface area (Å²) in [4.78, 5) is 25.7. The smallest absolute Gasteiger partial charge is 0.341 e. The van der Waals surface area contributed by atoms with Crippen molar-refractivity contribution >= 4 is 28.2 Å².